The predicted octanol–water partition coefficient (Wildman–Crippen LogP) is 1.72. The number of methoxy groups -OCH3 is 1. The van der Waals surface area contributed by atoms with Gasteiger partial charge in [-0.05, 0) is 36.1 Å². The fraction of sp³-hybridized carbons (Fsp3) is 0.625. The summed E-state index contributed by atoms with van der Waals surface area (Å²) in [4.78, 5) is 0. The van der Waals surface area contributed by atoms with Crippen molar-refractivity contribution in [1.29, 1.82) is 0 Å². The number of aliphatic hydroxyl groups is 1. The van der Waals surface area contributed by atoms with Gasteiger partial charge >= 0.3 is 0 Å². The van der Waals surface area contributed by atoms with E-state index >= 15 is 0 Å². The average Bonchev–Trinajstić information content (AvgIpc) is 2.44. The monoisotopic (exact) mass is 316 g/mol. The Morgan fingerprint density at radius 3 is 2.67 bits per heavy atom. The highest BCUT2D eigenvalue weighted by Crippen LogP contribution is 2.31. The first kappa shape index (κ1) is 18.2. The molecule has 1 aromatic carbocycles. The molecule has 0 amide bonds. The van der Waals surface area contributed by atoms with Crippen LogP contribution in [0.3, 0.4) is 0 Å². The van der Waals surface area contributed by atoms with Crippen LogP contribution < -0.4 is 10.1 Å². The Morgan fingerprint density at radius 1 is 1.33 bits per heavy atom. The maximum absolute atomic E-state index is 9.94. The van der Waals surface area contributed by atoms with Crippen molar-refractivity contribution in [2.75, 3.05) is 33.4 Å². The summed E-state index contributed by atoms with van der Waals surface area (Å²) in [7, 11) is 1.67. The van der Waals surface area contributed by atoms with Gasteiger partial charge in [0.1, 0.15) is 25.0 Å². The van der Waals surface area contributed by atoms with Crippen molar-refractivity contribution in [2.45, 2.75) is 32.8 Å². The number of aliphatic hydroxyl groups excluding tert-OH is 1. The largest absolute Gasteiger partial charge is 0.490 e. The van der Waals surface area contributed by atoms with Crippen LogP contribution in [0.5, 0.6) is 5.75 Å². The van der Waals surface area contributed by atoms with E-state index in [9.17, 15) is 5.11 Å². The van der Waals surface area contributed by atoms with Crippen LogP contribution in [0.1, 0.15) is 30.9 Å². The Labute approximate surface area is 132 Å². The van der Waals surface area contributed by atoms with Crippen LogP contribution in [0.4, 0.5) is 0 Å². The van der Waals surface area contributed by atoms with Crippen molar-refractivity contribution in [3.05, 3.63) is 28.3 Å². The van der Waals surface area contributed by atoms with E-state index in [1.54, 1.807) is 7.11 Å². The van der Waals surface area contributed by atoms with Gasteiger partial charge in [0, 0.05) is 12.1 Å². The van der Waals surface area contributed by atoms with Crippen LogP contribution in [0, 0.1) is 6.92 Å². The van der Waals surface area contributed by atoms with E-state index in [2.05, 4.69) is 13.8 Å². The molecule has 0 fully saturated rings. The third-order valence-corrected chi connectivity index (χ3v) is 3.72. The second kappa shape index (κ2) is 9.26. The molecule has 4 nitrogen and oxygen atoms in total. The minimum atomic E-state index is -0.502. The Morgan fingerprint density at radius 2 is 2.05 bits per heavy atom. The highest BCUT2D eigenvalue weighted by Gasteiger charge is 2.13. The van der Waals surface area contributed by atoms with Crippen LogP contribution in [-0.2, 0) is 4.74 Å². The summed E-state index contributed by atoms with van der Waals surface area (Å²) in [6.45, 7) is 8.56. The topological polar surface area (TPSA) is 55.3 Å². The maximum Gasteiger partial charge on any atom is 0.137 e. The molecule has 0 aromatic heterocycles. The van der Waals surface area contributed by atoms with Gasteiger partial charge in [-0.15, -0.1) is 0 Å². The maximum atomic E-state index is 9.94. The fourth-order valence-corrected chi connectivity index (χ4v) is 2.18. The second-order valence-corrected chi connectivity index (χ2v) is 5.97. The van der Waals surface area contributed by atoms with Crippen molar-refractivity contribution in [3.8, 4) is 5.75 Å². The molecular formula is C16H27ClNO3+. The number of ether oxygens (including phenoxy) is 2. The van der Waals surface area contributed by atoms with Crippen LogP contribution >= 0.6 is 11.6 Å². The van der Waals surface area contributed by atoms with E-state index in [-0.39, 0.29) is 6.61 Å². The van der Waals surface area contributed by atoms with Crippen LogP contribution in [0.15, 0.2) is 12.1 Å². The van der Waals surface area contributed by atoms with Crippen molar-refractivity contribution in [3.63, 3.8) is 0 Å². The second-order valence-electron chi connectivity index (χ2n) is 5.56. The number of hydrogen-bond donors (Lipinski definition) is 2. The van der Waals surface area contributed by atoms with Gasteiger partial charge in [-0.2, -0.15) is 0 Å². The van der Waals surface area contributed by atoms with Crippen LogP contribution in [0.2, 0.25) is 5.02 Å². The molecule has 5 heteroatoms. The van der Waals surface area contributed by atoms with Crippen molar-refractivity contribution >= 4 is 11.6 Å². The molecule has 120 valence electrons. The number of aryl methyl sites for hydroxylation is 1. The van der Waals surface area contributed by atoms with Gasteiger partial charge in [0.15, 0.2) is 0 Å². The lowest BCUT2D eigenvalue weighted by molar-refractivity contribution is -0.662. The van der Waals surface area contributed by atoms with E-state index in [0.717, 1.165) is 28.4 Å². The number of hydrogen-bond acceptors (Lipinski definition) is 3. The average molecular weight is 317 g/mol. The lowest BCUT2D eigenvalue weighted by Gasteiger charge is -2.17. The van der Waals surface area contributed by atoms with Crippen LogP contribution in [0.25, 0.3) is 0 Å². The highest BCUT2D eigenvalue weighted by molar-refractivity contribution is 6.31. The molecule has 0 bridgehead atoms. The van der Waals surface area contributed by atoms with Gasteiger partial charge in [0.05, 0.1) is 13.2 Å². The molecule has 0 saturated heterocycles. The van der Waals surface area contributed by atoms with Gasteiger partial charge in [-0.1, -0.05) is 25.4 Å². The highest BCUT2D eigenvalue weighted by atomic mass is 35.5. The standard InChI is InChI=1S/C16H26ClNO3/c1-11(2)14-8-15(17)12(3)7-16(14)21-10-13(19)9-18-5-6-20-4/h7-8,11,13,18-19H,5-6,9-10H2,1-4H3/p+1/t13-/m1/s1. The summed E-state index contributed by atoms with van der Waals surface area (Å²) < 4.78 is 10.8. The van der Waals surface area contributed by atoms with Gasteiger partial charge in [0.25, 0.3) is 0 Å². The first-order chi connectivity index (χ1) is 9.95. The lowest BCUT2D eigenvalue weighted by Crippen LogP contribution is -2.87. The first-order valence-corrected chi connectivity index (χ1v) is 7.75. The minimum absolute atomic E-state index is 0.282. The van der Waals surface area contributed by atoms with E-state index in [1.165, 1.54) is 0 Å². The summed E-state index contributed by atoms with van der Waals surface area (Å²) in [5, 5.41) is 12.7. The van der Waals surface area contributed by atoms with Gasteiger partial charge in [0.2, 0.25) is 0 Å². The molecular weight excluding hydrogens is 290 g/mol. The number of benzene rings is 1. The Balaban J connectivity index is 2.56. The van der Waals surface area contributed by atoms with E-state index in [4.69, 9.17) is 21.1 Å². The molecule has 1 atom stereocenters. The first-order valence-electron chi connectivity index (χ1n) is 7.37. The van der Waals surface area contributed by atoms with Crippen LogP contribution in [-0.4, -0.2) is 44.6 Å². The zero-order valence-corrected chi connectivity index (χ0v) is 14.1. The van der Waals surface area contributed by atoms with Gasteiger partial charge in [-0.3, -0.25) is 0 Å². The van der Waals surface area contributed by atoms with E-state index in [1.807, 2.05) is 24.4 Å². The molecule has 1 rings (SSSR count). The Kier molecular flexibility index (Phi) is 8.04. The molecule has 0 spiro atoms. The summed E-state index contributed by atoms with van der Waals surface area (Å²) in [5.41, 5.74) is 2.05. The van der Waals surface area contributed by atoms with Crippen molar-refractivity contribution in [2.24, 2.45) is 0 Å². The van der Waals surface area contributed by atoms with Crippen molar-refractivity contribution in [1.82, 2.24) is 0 Å². The Bertz CT molecular complexity index is 438. The summed E-state index contributed by atoms with van der Waals surface area (Å²) >= 11 is 6.17. The van der Waals surface area contributed by atoms with E-state index < -0.39 is 6.10 Å². The minimum Gasteiger partial charge on any atom is -0.490 e. The van der Waals surface area contributed by atoms with E-state index in [0.29, 0.717) is 19.1 Å². The summed E-state index contributed by atoms with van der Waals surface area (Å²) in [6, 6.07) is 3.90. The molecule has 0 saturated carbocycles. The molecule has 0 aliphatic carbocycles. The summed E-state index contributed by atoms with van der Waals surface area (Å²) in [6.07, 6.45) is -0.502. The Hall–Kier alpha value is -0.810. The molecule has 1 aromatic rings. The fourth-order valence-electron chi connectivity index (χ4n) is 2.01. The zero-order chi connectivity index (χ0) is 15.8. The molecule has 0 heterocycles. The SMILES string of the molecule is COCC[NH2+]C[C@@H](O)COc1cc(C)c(Cl)cc1C(C)C. The molecule has 0 aliphatic rings. The normalized spacial score (nSPS) is 12.7. The quantitative estimate of drug-likeness (QED) is 0.682. The predicted molar refractivity (Wildman–Crippen MR) is 85.3 cm³/mol. The molecule has 0 radical (unpaired) electrons. The van der Waals surface area contributed by atoms with Crippen molar-refractivity contribution < 1.29 is 19.9 Å². The number of quaternary nitrogens is 1. The van der Waals surface area contributed by atoms with Gasteiger partial charge in [-0.25, -0.2) is 0 Å². The number of rotatable bonds is 9. The molecule has 0 aliphatic heterocycles. The number of halogens is 1. The zero-order valence-electron chi connectivity index (χ0n) is 13.4. The molecule has 0 unspecified atom stereocenters. The lowest BCUT2D eigenvalue weighted by atomic mass is 10.0. The van der Waals surface area contributed by atoms with Gasteiger partial charge < -0.3 is 19.9 Å². The third kappa shape index (κ3) is 6.22. The third-order valence-electron chi connectivity index (χ3n) is 3.31. The number of nitrogens with two attached hydrogens (primary N) is 1. The summed E-state index contributed by atoms with van der Waals surface area (Å²) in [5.74, 6) is 1.13. The molecule has 3 N–H and O–H groups in total. The molecule has 21 heavy (non-hydrogen) atoms. The smallest absolute Gasteiger partial charge is 0.137 e.